The van der Waals surface area contributed by atoms with Gasteiger partial charge in [-0.05, 0) is 75.5 Å². The molecule has 37 heavy (non-hydrogen) atoms. The van der Waals surface area contributed by atoms with E-state index in [0.29, 0.717) is 24.2 Å². The van der Waals surface area contributed by atoms with Gasteiger partial charge in [-0.3, -0.25) is 24.6 Å². The highest BCUT2D eigenvalue weighted by atomic mass is 16.2. The molecule has 0 spiro atoms. The summed E-state index contributed by atoms with van der Waals surface area (Å²) in [6, 6.07) is 7.55. The number of carbonyl (C=O) groups excluding carboxylic acids is 3. The predicted octanol–water partition coefficient (Wildman–Crippen LogP) is 3.22. The van der Waals surface area contributed by atoms with Crippen molar-refractivity contribution in [2.24, 2.45) is 0 Å². The van der Waals surface area contributed by atoms with Gasteiger partial charge in [-0.1, -0.05) is 6.07 Å². The van der Waals surface area contributed by atoms with Gasteiger partial charge in [0.05, 0.1) is 16.9 Å². The number of anilines is 1. The summed E-state index contributed by atoms with van der Waals surface area (Å²) in [5.41, 5.74) is 13.4. The number of carbonyl (C=O) groups is 3. The standard InChI is InChI=1S/C28H32N6O3/c1-16(2)33-15-21(29)25-26(33)19(13-32-9-3-4-10-32)12-22(30-25)17-5-6-20-18(11-17)14-34(28(20)37)23-7-8-24(35)31-27(23)36/h5-6,11-12,15-16,23H,3-4,7-10,13-14,29H2,1-2H3,(H,31,35,36). The fourth-order valence-electron chi connectivity index (χ4n) is 5.95. The van der Waals surface area contributed by atoms with Gasteiger partial charge < -0.3 is 15.2 Å². The summed E-state index contributed by atoms with van der Waals surface area (Å²) in [5, 5.41) is 2.36. The van der Waals surface area contributed by atoms with Crippen molar-refractivity contribution < 1.29 is 14.4 Å². The average molecular weight is 501 g/mol. The molecule has 2 fully saturated rings. The fourth-order valence-corrected chi connectivity index (χ4v) is 5.95. The zero-order valence-corrected chi connectivity index (χ0v) is 21.3. The first-order valence-electron chi connectivity index (χ1n) is 13.1. The lowest BCUT2D eigenvalue weighted by atomic mass is 10.0. The molecule has 1 aromatic carbocycles. The van der Waals surface area contributed by atoms with Crippen LogP contribution in [0, 0.1) is 0 Å². The molecule has 9 nitrogen and oxygen atoms in total. The Morgan fingerprint density at radius 1 is 1.14 bits per heavy atom. The van der Waals surface area contributed by atoms with E-state index in [-0.39, 0.29) is 24.3 Å². The second-order valence-corrected chi connectivity index (χ2v) is 10.7. The SMILES string of the molecule is CC(C)n1cc(N)c2nc(-c3ccc4c(c3)CN(C3CCC(=O)NC3=O)C4=O)cc(CN3CCCC3)c21. The van der Waals surface area contributed by atoms with Crippen LogP contribution in [0.25, 0.3) is 22.3 Å². The topological polar surface area (TPSA) is 114 Å². The Labute approximate surface area is 215 Å². The second-order valence-electron chi connectivity index (χ2n) is 10.7. The number of benzene rings is 1. The summed E-state index contributed by atoms with van der Waals surface area (Å²) in [5.74, 6) is -0.863. The molecule has 1 unspecified atom stereocenters. The third-order valence-corrected chi connectivity index (χ3v) is 7.85. The summed E-state index contributed by atoms with van der Waals surface area (Å²) in [6.45, 7) is 7.66. The molecule has 0 aliphatic carbocycles. The highest BCUT2D eigenvalue weighted by Gasteiger charge is 2.39. The van der Waals surface area contributed by atoms with Gasteiger partial charge in [0.25, 0.3) is 5.91 Å². The lowest BCUT2D eigenvalue weighted by molar-refractivity contribution is -0.136. The minimum absolute atomic E-state index is 0.174. The molecule has 3 N–H and O–H groups in total. The van der Waals surface area contributed by atoms with E-state index in [9.17, 15) is 14.4 Å². The number of nitrogens with one attached hydrogen (secondary N) is 1. The van der Waals surface area contributed by atoms with Crippen molar-refractivity contribution in [1.29, 1.82) is 0 Å². The van der Waals surface area contributed by atoms with E-state index in [4.69, 9.17) is 10.7 Å². The number of pyridine rings is 1. The highest BCUT2D eigenvalue weighted by Crippen LogP contribution is 2.35. The third-order valence-electron chi connectivity index (χ3n) is 7.85. The number of hydrogen-bond donors (Lipinski definition) is 2. The maximum Gasteiger partial charge on any atom is 0.255 e. The summed E-state index contributed by atoms with van der Waals surface area (Å²) in [7, 11) is 0. The molecule has 0 saturated carbocycles. The number of hydrogen-bond acceptors (Lipinski definition) is 6. The molecule has 3 amide bonds. The van der Waals surface area contributed by atoms with Crippen LogP contribution in [0.5, 0.6) is 0 Å². The first kappa shape index (κ1) is 23.7. The van der Waals surface area contributed by atoms with Gasteiger partial charge in [-0.2, -0.15) is 0 Å². The second kappa shape index (κ2) is 8.99. The molecule has 9 heteroatoms. The molecule has 6 rings (SSSR count). The molecular weight excluding hydrogens is 468 g/mol. The number of likely N-dealkylation sites (tertiary alicyclic amines) is 1. The third kappa shape index (κ3) is 4.07. The lowest BCUT2D eigenvalue weighted by Gasteiger charge is -2.29. The first-order valence-corrected chi connectivity index (χ1v) is 13.1. The van der Waals surface area contributed by atoms with Crippen LogP contribution < -0.4 is 11.1 Å². The number of rotatable bonds is 5. The van der Waals surface area contributed by atoms with E-state index in [2.05, 4.69) is 34.7 Å². The number of piperidine rings is 1. The van der Waals surface area contributed by atoms with E-state index >= 15 is 0 Å². The van der Waals surface area contributed by atoms with Gasteiger partial charge in [0.2, 0.25) is 11.8 Å². The summed E-state index contributed by atoms with van der Waals surface area (Å²) < 4.78 is 2.21. The summed E-state index contributed by atoms with van der Waals surface area (Å²) in [4.78, 5) is 46.2. The molecule has 2 aromatic heterocycles. The zero-order chi connectivity index (χ0) is 25.8. The van der Waals surface area contributed by atoms with Crippen molar-refractivity contribution in [2.45, 2.75) is 64.7 Å². The number of nitrogens with two attached hydrogens (primary N) is 1. The van der Waals surface area contributed by atoms with Crippen molar-refractivity contribution in [1.82, 2.24) is 24.7 Å². The minimum atomic E-state index is -0.627. The number of nitrogens with zero attached hydrogens (tertiary/aromatic N) is 4. The van der Waals surface area contributed by atoms with Crippen molar-refractivity contribution in [2.75, 3.05) is 18.8 Å². The van der Waals surface area contributed by atoms with Gasteiger partial charge in [-0.15, -0.1) is 0 Å². The maximum absolute atomic E-state index is 13.1. The molecule has 0 radical (unpaired) electrons. The maximum atomic E-state index is 13.1. The number of amides is 3. The summed E-state index contributed by atoms with van der Waals surface area (Å²) >= 11 is 0. The Morgan fingerprint density at radius 3 is 2.65 bits per heavy atom. The Bertz CT molecular complexity index is 1440. The molecule has 2 saturated heterocycles. The fraction of sp³-hybridized carbons (Fsp3) is 0.429. The lowest BCUT2D eigenvalue weighted by Crippen LogP contribution is -2.52. The van der Waals surface area contributed by atoms with E-state index in [0.717, 1.165) is 47.5 Å². The molecule has 5 heterocycles. The van der Waals surface area contributed by atoms with Crippen molar-refractivity contribution in [3.8, 4) is 11.3 Å². The van der Waals surface area contributed by atoms with Crippen molar-refractivity contribution in [3.63, 3.8) is 0 Å². The molecule has 3 aliphatic heterocycles. The zero-order valence-electron chi connectivity index (χ0n) is 21.3. The largest absolute Gasteiger partial charge is 0.396 e. The van der Waals surface area contributed by atoms with Crippen LogP contribution in [0.3, 0.4) is 0 Å². The molecule has 0 bridgehead atoms. The van der Waals surface area contributed by atoms with Crippen LogP contribution in [0.4, 0.5) is 5.69 Å². The Hall–Kier alpha value is -3.72. The molecule has 3 aliphatic rings. The predicted molar refractivity (Wildman–Crippen MR) is 141 cm³/mol. The molecule has 192 valence electrons. The van der Waals surface area contributed by atoms with Gasteiger partial charge in [0, 0.05) is 42.9 Å². The Morgan fingerprint density at radius 2 is 1.92 bits per heavy atom. The van der Waals surface area contributed by atoms with Crippen molar-refractivity contribution in [3.05, 3.63) is 47.2 Å². The summed E-state index contributed by atoms with van der Waals surface area (Å²) in [6.07, 6.45) is 5.01. The van der Waals surface area contributed by atoms with Gasteiger partial charge in [0.15, 0.2) is 0 Å². The van der Waals surface area contributed by atoms with Crippen molar-refractivity contribution >= 4 is 34.4 Å². The van der Waals surface area contributed by atoms with Gasteiger partial charge in [0.1, 0.15) is 11.6 Å². The van der Waals surface area contributed by atoms with Crippen LogP contribution in [0.2, 0.25) is 0 Å². The average Bonchev–Trinajstić information content (AvgIpc) is 3.58. The van der Waals surface area contributed by atoms with Gasteiger partial charge >= 0.3 is 0 Å². The number of nitrogen functional groups attached to an aromatic ring is 1. The van der Waals surface area contributed by atoms with Gasteiger partial charge in [-0.25, -0.2) is 4.98 Å². The quantitative estimate of drug-likeness (QED) is 0.520. The van der Waals surface area contributed by atoms with Crippen LogP contribution in [-0.2, 0) is 22.7 Å². The van der Waals surface area contributed by atoms with Crippen LogP contribution in [0.15, 0.2) is 30.5 Å². The number of fused-ring (bicyclic) bond motifs is 2. The Balaban J connectivity index is 1.38. The van der Waals surface area contributed by atoms with E-state index < -0.39 is 11.9 Å². The smallest absolute Gasteiger partial charge is 0.255 e. The van der Waals surface area contributed by atoms with Crippen LogP contribution >= 0.6 is 0 Å². The number of aromatic nitrogens is 2. The minimum Gasteiger partial charge on any atom is -0.396 e. The molecule has 3 aromatic rings. The molecular formula is C28H32N6O3. The first-order chi connectivity index (χ1) is 17.8. The van der Waals surface area contributed by atoms with E-state index in [1.165, 1.54) is 18.4 Å². The van der Waals surface area contributed by atoms with Crippen LogP contribution in [-0.4, -0.2) is 56.2 Å². The van der Waals surface area contributed by atoms with Crippen LogP contribution in [0.1, 0.15) is 67.1 Å². The highest BCUT2D eigenvalue weighted by molar-refractivity contribution is 6.05. The molecule has 1 atom stereocenters. The number of imide groups is 1. The van der Waals surface area contributed by atoms with E-state index in [1.807, 2.05) is 24.4 Å². The monoisotopic (exact) mass is 500 g/mol. The normalized spacial score (nSPS) is 20.4. The Kier molecular flexibility index (Phi) is 5.75. The van der Waals surface area contributed by atoms with E-state index in [1.54, 1.807) is 4.90 Å².